The summed E-state index contributed by atoms with van der Waals surface area (Å²) in [6.45, 7) is -0.340. The summed E-state index contributed by atoms with van der Waals surface area (Å²) in [5, 5.41) is 10.0. The first-order valence-electron chi connectivity index (χ1n) is 12.6. The minimum Gasteiger partial charge on any atom is -0.493 e. The standard InChI is InChI=1S/C28H25BrClNO8S/c1-38-23-13-15(12-18(29)28(23)39-40(36,37)17-10-8-16(30)9-11-17)25-26-19(4-2-6-21(26)32)31(14-24(34)35)20-5-3-7-22(33)27(20)25/h8-13,25H,2-7,14H2,1H3,(H,34,35). The molecular formula is C28H25BrClNO8S. The van der Waals surface area contributed by atoms with Crippen molar-refractivity contribution in [1.29, 1.82) is 0 Å². The molecule has 1 aliphatic heterocycles. The van der Waals surface area contributed by atoms with Crippen LogP contribution in [0.2, 0.25) is 5.02 Å². The van der Waals surface area contributed by atoms with Crippen LogP contribution in [0, 0.1) is 0 Å². The van der Waals surface area contributed by atoms with Gasteiger partial charge in [0, 0.05) is 46.3 Å². The second kappa shape index (κ2) is 11.0. The van der Waals surface area contributed by atoms with Crippen molar-refractivity contribution in [3.63, 3.8) is 0 Å². The maximum absolute atomic E-state index is 13.4. The first-order valence-corrected chi connectivity index (χ1v) is 15.2. The largest absolute Gasteiger partial charge is 0.493 e. The highest BCUT2D eigenvalue weighted by atomic mass is 79.9. The van der Waals surface area contributed by atoms with Crippen LogP contribution >= 0.6 is 27.5 Å². The number of nitrogens with zero attached hydrogens (tertiary/aromatic N) is 1. The summed E-state index contributed by atoms with van der Waals surface area (Å²) >= 11 is 9.30. The van der Waals surface area contributed by atoms with Gasteiger partial charge in [-0.1, -0.05) is 11.6 Å². The van der Waals surface area contributed by atoms with E-state index in [1.165, 1.54) is 31.4 Å². The first kappa shape index (κ1) is 28.4. The third-order valence-corrected chi connectivity index (χ3v) is 9.34. The molecule has 9 nitrogen and oxygen atoms in total. The van der Waals surface area contributed by atoms with Gasteiger partial charge in [0.25, 0.3) is 0 Å². The number of halogens is 2. The number of hydrogen-bond donors (Lipinski definition) is 1. The van der Waals surface area contributed by atoms with Crippen LogP contribution in [0.25, 0.3) is 0 Å². The van der Waals surface area contributed by atoms with Crippen LogP contribution in [-0.2, 0) is 24.5 Å². The van der Waals surface area contributed by atoms with Gasteiger partial charge in [-0.05, 0) is 83.6 Å². The van der Waals surface area contributed by atoms with E-state index in [2.05, 4.69) is 15.9 Å². The zero-order valence-electron chi connectivity index (χ0n) is 21.4. The molecule has 0 bridgehead atoms. The van der Waals surface area contributed by atoms with E-state index in [1.807, 2.05) is 0 Å². The molecule has 0 saturated carbocycles. The zero-order valence-corrected chi connectivity index (χ0v) is 24.6. The molecule has 5 rings (SSSR count). The Balaban J connectivity index is 1.65. The number of ketones is 2. The van der Waals surface area contributed by atoms with E-state index < -0.39 is 22.0 Å². The number of carbonyl (C=O) groups excluding carboxylic acids is 2. The Labute approximate surface area is 244 Å². The van der Waals surface area contributed by atoms with Crippen molar-refractivity contribution in [2.45, 2.75) is 49.3 Å². The smallest absolute Gasteiger partial charge is 0.339 e. The normalized spacial score (nSPS) is 18.0. The minimum absolute atomic E-state index is 0.0747. The average Bonchev–Trinajstić information content (AvgIpc) is 2.90. The molecule has 0 saturated heterocycles. The minimum atomic E-state index is -4.26. The van der Waals surface area contributed by atoms with Gasteiger partial charge in [-0.25, -0.2) is 0 Å². The molecule has 0 unspecified atom stereocenters. The van der Waals surface area contributed by atoms with E-state index in [0.29, 0.717) is 58.8 Å². The van der Waals surface area contributed by atoms with Crippen molar-refractivity contribution >= 4 is 55.2 Å². The molecule has 0 spiro atoms. The number of carbonyl (C=O) groups is 3. The quantitative estimate of drug-likeness (QED) is 0.393. The molecule has 0 aromatic heterocycles. The fourth-order valence-electron chi connectivity index (χ4n) is 5.62. The number of carboxylic acid groups (broad SMARTS) is 1. The summed E-state index contributed by atoms with van der Waals surface area (Å²) in [5.74, 6) is -2.12. The van der Waals surface area contributed by atoms with Crippen LogP contribution in [0.5, 0.6) is 11.5 Å². The summed E-state index contributed by atoms with van der Waals surface area (Å²) in [4.78, 5) is 40.1. The molecule has 0 fully saturated rings. The van der Waals surface area contributed by atoms with Gasteiger partial charge in [0.15, 0.2) is 23.1 Å². The first-order chi connectivity index (χ1) is 19.0. The molecule has 2 aromatic rings. The number of methoxy groups -OCH3 is 1. The van der Waals surface area contributed by atoms with E-state index in [1.54, 1.807) is 17.0 Å². The zero-order chi connectivity index (χ0) is 28.8. The van der Waals surface area contributed by atoms with Crippen LogP contribution in [-0.4, -0.2) is 49.6 Å². The fraction of sp³-hybridized carbons (Fsp3) is 0.321. The molecule has 0 amide bonds. The van der Waals surface area contributed by atoms with Crippen molar-refractivity contribution in [3.8, 4) is 11.5 Å². The SMILES string of the molecule is COc1cc(C2C3=C(CCCC3=O)N(CC(=O)O)C3=C2C(=O)CCC3)cc(Br)c1OS(=O)(=O)c1ccc(Cl)cc1. The van der Waals surface area contributed by atoms with E-state index >= 15 is 0 Å². The number of allylic oxidation sites excluding steroid dienone is 4. The Morgan fingerprint density at radius 2 is 1.60 bits per heavy atom. The van der Waals surface area contributed by atoms with Gasteiger partial charge in [-0.3, -0.25) is 14.4 Å². The molecule has 1 N–H and O–H groups in total. The number of benzene rings is 2. The number of carboxylic acids is 1. The van der Waals surface area contributed by atoms with Gasteiger partial charge in [0.05, 0.1) is 11.6 Å². The molecule has 40 heavy (non-hydrogen) atoms. The molecule has 210 valence electrons. The van der Waals surface area contributed by atoms with Gasteiger partial charge in [0.2, 0.25) is 0 Å². The maximum atomic E-state index is 13.4. The van der Waals surface area contributed by atoms with Gasteiger partial charge >= 0.3 is 16.1 Å². The average molecular weight is 651 g/mol. The fourth-order valence-corrected chi connectivity index (χ4v) is 7.35. The molecule has 2 aromatic carbocycles. The summed E-state index contributed by atoms with van der Waals surface area (Å²) in [5.41, 5.74) is 2.58. The summed E-state index contributed by atoms with van der Waals surface area (Å²) < 4.78 is 37.2. The lowest BCUT2D eigenvalue weighted by Gasteiger charge is -2.43. The van der Waals surface area contributed by atoms with E-state index in [4.69, 9.17) is 20.5 Å². The van der Waals surface area contributed by atoms with Crippen LogP contribution in [0.3, 0.4) is 0 Å². The number of Topliss-reactive ketones (excluding diaryl/α,β-unsaturated/α-hetero) is 2. The second-order valence-electron chi connectivity index (χ2n) is 9.71. The Kier molecular flexibility index (Phi) is 7.82. The highest BCUT2D eigenvalue weighted by Crippen LogP contribution is 2.51. The number of hydrogen-bond acceptors (Lipinski definition) is 8. The molecule has 0 atom stereocenters. The lowest BCUT2D eigenvalue weighted by molar-refractivity contribution is -0.138. The van der Waals surface area contributed by atoms with E-state index in [9.17, 15) is 27.9 Å². The van der Waals surface area contributed by atoms with Gasteiger partial charge in [0.1, 0.15) is 11.4 Å². The highest BCUT2D eigenvalue weighted by Gasteiger charge is 2.44. The van der Waals surface area contributed by atoms with E-state index in [0.717, 1.165) is 0 Å². The van der Waals surface area contributed by atoms with Gasteiger partial charge in [-0.2, -0.15) is 8.42 Å². The van der Waals surface area contributed by atoms with Crippen molar-refractivity contribution in [3.05, 3.63) is 74.0 Å². The number of rotatable bonds is 7. The predicted octanol–water partition coefficient (Wildman–Crippen LogP) is 5.38. The Hall–Kier alpha value is -3.15. The summed E-state index contributed by atoms with van der Waals surface area (Å²) in [6.07, 6.45) is 2.75. The van der Waals surface area contributed by atoms with Crippen LogP contribution in [0.4, 0.5) is 0 Å². The van der Waals surface area contributed by atoms with Crippen LogP contribution in [0.1, 0.15) is 50.0 Å². The van der Waals surface area contributed by atoms with Crippen molar-refractivity contribution in [1.82, 2.24) is 4.90 Å². The number of ether oxygens (including phenoxy) is 1. The topological polar surface area (TPSA) is 127 Å². The van der Waals surface area contributed by atoms with Crippen molar-refractivity contribution in [2.75, 3.05) is 13.7 Å². The van der Waals surface area contributed by atoms with Crippen molar-refractivity contribution in [2.24, 2.45) is 0 Å². The molecule has 1 heterocycles. The molecule has 3 aliphatic rings. The Morgan fingerprint density at radius 1 is 1.02 bits per heavy atom. The van der Waals surface area contributed by atoms with Crippen LogP contribution in [0.15, 0.2) is 68.3 Å². The van der Waals surface area contributed by atoms with Crippen LogP contribution < -0.4 is 8.92 Å². The summed E-state index contributed by atoms with van der Waals surface area (Å²) in [7, 11) is -2.90. The van der Waals surface area contributed by atoms with Gasteiger partial charge in [-0.15, -0.1) is 0 Å². The highest BCUT2D eigenvalue weighted by molar-refractivity contribution is 9.10. The predicted molar refractivity (Wildman–Crippen MR) is 149 cm³/mol. The lowest BCUT2D eigenvalue weighted by atomic mass is 9.71. The molecular weight excluding hydrogens is 626 g/mol. The Bertz CT molecular complexity index is 1550. The molecule has 2 aliphatic carbocycles. The molecule has 0 radical (unpaired) electrons. The third kappa shape index (κ3) is 5.17. The Morgan fingerprint density at radius 3 is 2.12 bits per heavy atom. The molecule has 12 heteroatoms. The van der Waals surface area contributed by atoms with Crippen molar-refractivity contribution < 1.29 is 36.8 Å². The maximum Gasteiger partial charge on any atom is 0.339 e. The third-order valence-electron chi connectivity index (χ3n) is 7.26. The monoisotopic (exact) mass is 649 g/mol. The van der Waals surface area contributed by atoms with Gasteiger partial charge < -0.3 is 18.9 Å². The second-order valence-corrected chi connectivity index (χ2v) is 12.5. The number of aliphatic carboxylic acids is 1. The summed E-state index contributed by atoms with van der Waals surface area (Å²) in [6, 6.07) is 8.69. The lowest BCUT2D eigenvalue weighted by Crippen LogP contribution is -2.41. The van der Waals surface area contributed by atoms with E-state index in [-0.39, 0.29) is 51.8 Å².